The van der Waals surface area contributed by atoms with Gasteiger partial charge in [0.2, 0.25) is 0 Å². The summed E-state index contributed by atoms with van der Waals surface area (Å²) in [5.74, 6) is 0. The Balaban J connectivity index is 1.44. The lowest BCUT2D eigenvalue weighted by Crippen LogP contribution is -2.61. The lowest BCUT2D eigenvalue weighted by Gasteiger charge is -2.49. The molecule has 0 radical (unpaired) electrons. The summed E-state index contributed by atoms with van der Waals surface area (Å²) in [6.45, 7) is 35.7. The van der Waals surface area contributed by atoms with Gasteiger partial charge in [0.15, 0.2) is 0 Å². The van der Waals surface area contributed by atoms with Crippen molar-refractivity contribution in [1.82, 2.24) is 0 Å². The van der Waals surface area contributed by atoms with E-state index >= 15 is 0 Å². The molecule has 3 aliphatic rings. The molecule has 0 fully saturated rings. The number of benzene rings is 5. The zero-order chi connectivity index (χ0) is 41.6. The first-order chi connectivity index (χ1) is 27.0. The number of nitrogens with zero attached hydrogens (tertiary/aromatic N) is 2. The van der Waals surface area contributed by atoms with Gasteiger partial charge < -0.3 is 9.80 Å². The van der Waals surface area contributed by atoms with Gasteiger partial charge in [-0.15, -0.1) is 11.3 Å². The van der Waals surface area contributed by atoms with Crippen molar-refractivity contribution in [2.24, 2.45) is 0 Å². The third kappa shape index (κ3) is 5.94. The topological polar surface area (TPSA) is 6.48 Å². The van der Waals surface area contributed by atoms with E-state index in [1.807, 2.05) is 11.3 Å². The number of fused-ring (bicyclic) bond motifs is 8. The van der Waals surface area contributed by atoms with Gasteiger partial charge in [0, 0.05) is 33.1 Å². The van der Waals surface area contributed by atoms with Crippen LogP contribution in [0.15, 0.2) is 84.9 Å². The quantitative estimate of drug-likeness (QED) is 0.161. The second kappa shape index (κ2) is 12.6. The Hall–Kier alpha value is -4.28. The van der Waals surface area contributed by atoms with Crippen LogP contribution in [0.5, 0.6) is 0 Å². The van der Waals surface area contributed by atoms with Gasteiger partial charge in [-0.3, -0.25) is 0 Å². The standard InChI is InChI=1S/C54H63BN2S/c1-32-28-42-47-43(29-32)57(41-24-18-35(30-33(41)2)51(6,7)8)48-40(23-22-39-45(48)54(14,15)27-26-53(39,12)13)55(47)46-38-31-36(52(9,10)11)19-25-44(38)58-49(46)56(42)37-20-16-34(17-21-37)50(3,4)5/h16-25,28-31H,26-27H2,1-15H3. The van der Waals surface area contributed by atoms with Gasteiger partial charge in [0.25, 0.3) is 6.71 Å². The van der Waals surface area contributed by atoms with Crippen molar-refractivity contribution in [2.75, 3.05) is 9.80 Å². The Bertz CT molecular complexity index is 2650. The molecular weight excluding hydrogens is 719 g/mol. The predicted octanol–water partition coefficient (Wildman–Crippen LogP) is 13.8. The molecule has 6 aromatic rings. The third-order valence-corrected chi connectivity index (χ3v) is 15.1. The largest absolute Gasteiger partial charge is 0.311 e. The van der Waals surface area contributed by atoms with Crippen molar-refractivity contribution in [3.63, 3.8) is 0 Å². The van der Waals surface area contributed by atoms with E-state index in [2.05, 4.69) is 199 Å². The smallest absolute Gasteiger partial charge is 0.254 e. The lowest BCUT2D eigenvalue weighted by molar-refractivity contribution is 0.333. The van der Waals surface area contributed by atoms with Crippen LogP contribution in [0.4, 0.5) is 33.4 Å². The highest BCUT2D eigenvalue weighted by molar-refractivity contribution is 7.26. The molecule has 4 heteroatoms. The average molecular weight is 783 g/mol. The summed E-state index contributed by atoms with van der Waals surface area (Å²) in [5, 5.41) is 2.74. The van der Waals surface area contributed by atoms with Crippen molar-refractivity contribution >= 4 is 78.0 Å². The first kappa shape index (κ1) is 39.2. The molecule has 9 rings (SSSR count). The summed E-state index contributed by atoms with van der Waals surface area (Å²) >= 11 is 1.97. The maximum Gasteiger partial charge on any atom is 0.254 e. The molecule has 5 aromatic carbocycles. The number of aryl methyl sites for hydroxylation is 2. The molecule has 1 aromatic heterocycles. The third-order valence-electron chi connectivity index (χ3n) is 13.9. The fraction of sp³-hybridized carbons (Fsp3) is 0.407. The van der Waals surface area contributed by atoms with E-state index in [4.69, 9.17) is 0 Å². The summed E-state index contributed by atoms with van der Waals surface area (Å²) in [6, 6.07) is 34.1. The molecule has 58 heavy (non-hydrogen) atoms. The molecule has 0 saturated carbocycles. The molecule has 0 spiro atoms. The van der Waals surface area contributed by atoms with Crippen LogP contribution in [0.1, 0.15) is 142 Å². The number of rotatable bonds is 2. The number of hydrogen-bond donors (Lipinski definition) is 0. The van der Waals surface area contributed by atoms with E-state index in [-0.39, 0.29) is 33.8 Å². The van der Waals surface area contributed by atoms with Crippen molar-refractivity contribution in [3.05, 3.63) is 124 Å². The van der Waals surface area contributed by atoms with Crippen LogP contribution in [-0.2, 0) is 27.1 Å². The Morgan fingerprint density at radius 1 is 0.569 bits per heavy atom. The van der Waals surface area contributed by atoms with Gasteiger partial charge in [0.1, 0.15) is 0 Å². The average Bonchev–Trinajstić information content (AvgIpc) is 3.50. The molecular formula is C54H63BN2S. The summed E-state index contributed by atoms with van der Waals surface area (Å²) in [6.07, 6.45) is 2.35. The first-order valence-electron chi connectivity index (χ1n) is 21.7. The molecule has 0 atom stereocenters. The van der Waals surface area contributed by atoms with Crippen LogP contribution in [0.25, 0.3) is 10.1 Å². The van der Waals surface area contributed by atoms with Crippen LogP contribution in [0.3, 0.4) is 0 Å². The van der Waals surface area contributed by atoms with Gasteiger partial charge in [-0.2, -0.15) is 0 Å². The van der Waals surface area contributed by atoms with Crippen molar-refractivity contribution in [2.45, 2.75) is 144 Å². The number of thiophene rings is 1. The second-order valence-corrected chi connectivity index (χ2v) is 23.4. The SMILES string of the molecule is Cc1cc2c3c(c1)N(c1ccc(C(C)(C)C)cc1C)c1c(ccc4c1C(C)(C)CCC4(C)C)B3c1c(sc3ccc(C(C)(C)C)cc13)N2c1ccc(C(C)(C)C)cc1. The maximum absolute atomic E-state index is 2.72. The van der Waals surface area contributed by atoms with E-state index in [1.165, 1.54) is 105 Å². The van der Waals surface area contributed by atoms with E-state index in [1.54, 1.807) is 0 Å². The Kier molecular flexibility index (Phi) is 8.53. The molecule has 0 amide bonds. The lowest BCUT2D eigenvalue weighted by atomic mass is 9.33. The molecule has 0 bridgehead atoms. The monoisotopic (exact) mass is 782 g/mol. The van der Waals surface area contributed by atoms with Crippen LogP contribution in [0.2, 0.25) is 0 Å². The van der Waals surface area contributed by atoms with E-state index in [0.717, 1.165) is 6.42 Å². The van der Waals surface area contributed by atoms with Gasteiger partial charge in [-0.05, 0) is 151 Å². The highest BCUT2D eigenvalue weighted by Crippen LogP contribution is 2.55. The maximum atomic E-state index is 2.72. The molecule has 2 aliphatic heterocycles. The van der Waals surface area contributed by atoms with E-state index in [9.17, 15) is 0 Å². The minimum absolute atomic E-state index is 0.00626. The second-order valence-electron chi connectivity index (χ2n) is 22.3. The molecule has 3 heterocycles. The Morgan fingerprint density at radius 2 is 1.14 bits per heavy atom. The summed E-state index contributed by atoms with van der Waals surface area (Å²) in [7, 11) is 0. The molecule has 0 saturated heterocycles. The van der Waals surface area contributed by atoms with Gasteiger partial charge in [-0.25, -0.2) is 0 Å². The van der Waals surface area contributed by atoms with Crippen molar-refractivity contribution in [1.29, 1.82) is 0 Å². The zero-order valence-corrected chi connectivity index (χ0v) is 38.7. The molecule has 2 nitrogen and oxygen atoms in total. The number of hydrogen-bond acceptors (Lipinski definition) is 3. The molecule has 1 aliphatic carbocycles. The highest BCUT2D eigenvalue weighted by Gasteiger charge is 2.49. The summed E-state index contributed by atoms with van der Waals surface area (Å²) in [5.41, 5.74) is 20.9. The van der Waals surface area contributed by atoms with Gasteiger partial charge >= 0.3 is 0 Å². The van der Waals surface area contributed by atoms with Crippen molar-refractivity contribution in [3.8, 4) is 0 Å². The van der Waals surface area contributed by atoms with E-state index < -0.39 is 0 Å². The fourth-order valence-electron chi connectivity index (χ4n) is 10.3. The summed E-state index contributed by atoms with van der Waals surface area (Å²) < 4.78 is 1.36. The zero-order valence-electron chi connectivity index (χ0n) is 37.9. The molecule has 298 valence electrons. The van der Waals surface area contributed by atoms with Crippen LogP contribution in [-0.4, -0.2) is 6.71 Å². The molecule has 0 unspecified atom stereocenters. The van der Waals surface area contributed by atoms with E-state index in [0.29, 0.717) is 0 Å². The van der Waals surface area contributed by atoms with Gasteiger partial charge in [-0.1, -0.05) is 139 Å². The van der Waals surface area contributed by atoms with Crippen LogP contribution >= 0.6 is 11.3 Å². The van der Waals surface area contributed by atoms with Crippen LogP contribution < -0.4 is 26.2 Å². The number of anilines is 6. The Morgan fingerprint density at radius 3 is 1.76 bits per heavy atom. The fourth-order valence-corrected chi connectivity index (χ4v) is 11.6. The van der Waals surface area contributed by atoms with Gasteiger partial charge in [0.05, 0.1) is 5.00 Å². The molecule has 0 N–H and O–H groups in total. The van der Waals surface area contributed by atoms with Crippen molar-refractivity contribution < 1.29 is 0 Å². The normalized spacial score (nSPS) is 16.9. The minimum Gasteiger partial charge on any atom is -0.311 e. The highest BCUT2D eigenvalue weighted by atomic mass is 32.1. The minimum atomic E-state index is 0.00626. The Labute approximate surface area is 353 Å². The van der Waals surface area contributed by atoms with Crippen LogP contribution in [0, 0.1) is 13.8 Å². The summed E-state index contributed by atoms with van der Waals surface area (Å²) in [4.78, 5) is 5.35. The first-order valence-corrected chi connectivity index (χ1v) is 22.5. The predicted molar refractivity (Wildman–Crippen MR) is 257 cm³/mol.